The maximum absolute atomic E-state index is 12.4. The number of amides is 1. The molecule has 0 bridgehead atoms. The van der Waals surface area contributed by atoms with Crippen LogP contribution in [0.3, 0.4) is 0 Å². The molecule has 0 saturated heterocycles. The van der Waals surface area contributed by atoms with Crippen molar-refractivity contribution in [3.05, 3.63) is 63.9 Å². The molecule has 3 aromatic rings. The van der Waals surface area contributed by atoms with Gasteiger partial charge in [0.15, 0.2) is 11.5 Å². The molecule has 7 nitrogen and oxygen atoms in total. The molecule has 7 heteroatoms. The quantitative estimate of drug-likeness (QED) is 0.730. The van der Waals surface area contributed by atoms with Gasteiger partial charge in [0, 0.05) is 29.1 Å². The molecule has 0 saturated carbocycles. The van der Waals surface area contributed by atoms with Crippen LogP contribution < -0.4 is 20.3 Å². The number of pyridine rings is 1. The Hall–Kier alpha value is -3.79. The van der Waals surface area contributed by atoms with Crippen LogP contribution in [0.25, 0.3) is 10.9 Å². The minimum atomic E-state index is -0.233. The van der Waals surface area contributed by atoms with Gasteiger partial charge in [-0.2, -0.15) is 5.26 Å². The topological polar surface area (TPSA) is 104 Å². The maximum atomic E-state index is 12.4. The minimum absolute atomic E-state index is 0.149. The fraction of sp³-hybridized carbons (Fsp3) is 0.190. The van der Waals surface area contributed by atoms with Crippen molar-refractivity contribution >= 4 is 22.5 Å². The first-order valence-corrected chi connectivity index (χ1v) is 8.88. The fourth-order valence-corrected chi connectivity index (χ4v) is 3.11. The number of aryl methyl sites for hydroxylation is 1. The molecule has 28 heavy (non-hydrogen) atoms. The zero-order chi connectivity index (χ0) is 19.5. The standard InChI is InChI=1S/C21H17N3O4/c22-12-13-2-1-3-16(8-13)23-20(25)5-4-14-9-15-10-18-19(28-7-6-27-18)11-17(15)24-21(14)26/h1-3,8-11H,4-7H2,(H,23,25)(H,24,26). The molecule has 0 fully saturated rings. The van der Waals surface area contributed by atoms with Gasteiger partial charge in [-0.15, -0.1) is 0 Å². The third-order valence-electron chi connectivity index (χ3n) is 4.48. The number of carbonyl (C=O) groups is 1. The van der Waals surface area contributed by atoms with E-state index in [1.807, 2.05) is 12.1 Å². The highest BCUT2D eigenvalue weighted by molar-refractivity contribution is 5.91. The molecule has 0 spiro atoms. The summed E-state index contributed by atoms with van der Waals surface area (Å²) in [6.45, 7) is 0.967. The van der Waals surface area contributed by atoms with Gasteiger partial charge in [0.2, 0.25) is 5.91 Å². The summed E-state index contributed by atoms with van der Waals surface area (Å²) < 4.78 is 11.1. The average Bonchev–Trinajstić information content (AvgIpc) is 2.71. The SMILES string of the molecule is N#Cc1cccc(NC(=O)CCc2cc3cc4c(cc3[nH]c2=O)OCCO4)c1. The molecular weight excluding hydrogens is 358 g/mol. The van der Waals surface area contributed by atoms with Crippen LogP contribution >= 0.6 is 0 Å². The number of anilines is 1. The lowest BCUT2D eigenvalue weighted by Gasteiger charge is -2.18. The van der Waals surface area contributed by atoms with E-state index in [4.69, 9.17) is 14.7 Å². The number of aromatic amines is 1. The number of nitrogens with zero attached hydrogens (tertiary/aromatic N) is 1. The Labute approximate surface area is 160 Å². The molecule has 1 aliphatic rings. The molecular formula is C21H17N3O4. The van der Waals surface area contributed by atoms with Crippen LogP contribution in [0.2, 0.25) is 0 Å². The number of nitriles is 1. The Bertz CT molecular complexity index is 1160. The summed E-state index contributed by atoms with van der Waals surface area (Å²) in [6, 6.07) is 14.1. The lowest BCUT2D eigenvalue weighted by atomic mass is 10.1. The Morgan fingerprint density at radius 1 is 1.14 bits per heavy atom. The fourth-order valence-electron chi connectivity index (χ4n) is 3.11. The van der Waals surface area contributed by atoms with Crippen molar-refractivity contribution in [3.63, 3.8) is 0 Å². The van der Waals surface area contributed by atoms with Crippen molar-refractivity contribution in [3.8, 4) is 17.6 Å². The van der Waals surface area contributed by atoms with Gasteiger partial charge in [-0.25, -0.2) is 0 Å². The number of rotatable bonds is 4. The van der Waals surface area contributed by atoms with E-state index in [2.05, 4.69) is 10.3 Å². The van der Waals surface area contributed by atoms with Gasteiger partial charge in [0.25, 0.3) is 5.56 Å². The van der Waals surface area contributed by atoms with Crippen molar-refractivity contribution in [2.75, 3.05) is 18.5 Å². The lowest BCUT2D eigenvalue weighted by Crippen LogP contribution is -2.18. The van der Waals surface area contributed by atoms with Gasteiger partial charge < -0.3 is 19.8 Å². The molecule has 0 aliphatic carbocycles. The van der Waals surface area contributed by atoms with E-state index in [1.165, 1.54) is 0 Å². The Morgan fingerprint density at radius 3 is 2.71 bits per heavy atom. The highest BCUT2D eigenvalue weighted by Crippen LogP contribution is 2.33. The van der Waals surface area contributed by atoms with E-state index in [0.29, 0.717) is 53.5 Å². The van der Waals surface area contributed by atoms with Gasteiger partial charge in [-0.1, -0.05) is 6.07 Å². The number of aromatic nitrogens is 1. The van der Waals surface area contributed by atoms with Crippen LogP contribution in [-0.2, 0) is 11.2 Å². The van der Waals surface area contributed by atoms with Crippen molar-refractivity contribution in [1.82, 2.24) is 4.98 Å². The highest BCUT2D eigenvalue weighted by atomic mass is 16.6. The van der Waals surface area contributed by atoms with Crippen LogP contribution in [0.15, 0.2) is 47.3 Å². The summed E-state index contributed by atoms with van der Waals surface area (Å²) in [6.07, 6.45) is 0.444. The molecule has 0 radical (unpaired) electrons. The third kappa shape index (κ3) is 3.67. The number of fused-ring (bicyclic) bond motifs is 2. The van der Waals surface area contributed by atoms with Crippen LogP contribution in [-0.4, -0.2) is 24.1 Å². The first-order valence-electron chi connectivity index (χ1n) is 8.88. The zero-order valence-electron chi connectivity index (χ0n) is 15.0. The molecule has 1 aliphatic heterocycles. The number of hydrogen-bond acceptors (Lipinski definition) is 5. The summed E-state index contributed by atoms with van der Waals surface area (Å²) in [4.78, 5) is 27.4. The molecule has 140 valence electrons. The number of carbonyl (C=O) groups excluding carboxylic acids is 1. The van der Waals surface area contributed by atoms with Gasteiger partial charge in [-0.3, -0.25) is 9.59 Å². The Balaban J connectivity index is 1.49. The molecule has 2 heterocycles. The predicted molar refractivity (Wildman–Crippen MR) is 104 cm³/mol. The number of ether oxygens (including phenoxy) is 2. The highest BCUT2D eigenvalue weighted by Gasteiger charge is 2.14. The second-order valence-corrected chi connectivity index (χ2v) is 6.45. The summed E-state index contributed by atoms with van der Waals surface area (Å²) in [7, 11) is 0. The monoisotopic (exact) mass is 375 g/mol. The van der Waals surface area contributed by atoms with Gasteiger partial charge in [-0.05, 0) is 36.8 Å². The van der Waals surface area contributed by atoms with E-state index in [9.17, 15) is 9.59 Å². The molecule has 4 rings (SSSR count). The number of hydrogen-bond donors (Lipinski definition) is 2. The van der Waals surface area contributed by atoms with E-state index in [0.717, 1.165) is 5.39 Å². The minimum Gasteiger partial charge on any atom is -0.486 e. The number of nitrogens with one attached hydrogen (secondary N) is 2. The molecule has 1 aromatic heterocycles. The number of benzene rings is 2. The molecule has 1 amide bonds. The molecule has 2 aromatic carbocycles. The van der Waals surface area contributed by atoms with Gasteiger partial charge >= 0.3 is 0 Å². The van der Waals surface area contributed by atoms with E-state index >= 15 is 0 Å². The van der Waals surface area contributed by atoms with Crippen LogP contribution in [0, 0.1) is 11.3 Å². The second-order valence-electron chi connectivity index (χ2n) is 6.45. The van der Waals surface area contributed by atoms with Crippen molar-refractivity contribution in [2.24, 2.45) is 0 Å². The molecule has 0 unspecified atom stereocenters. The smallest absolute Gasteiger partial charge is 0.251 e. The van der Waals surface area contributed by atoms with Crippen LogP contribution in [0.4, 0.5) is 5.69 Å². The largest absolute Gasteiger partial charge is 0.486 e. The third-order valence-corrected chi connectivity index (χ3v) is 4.48. The predicted octanol–water partition coefficient (Wildman–Crippen LogP) is 2.74. The molecule has 2 N–H and O–H groups in total. The second kappa shape index (κ2) is 7.45. The van der Waals surface area contributed by atoms with E-state index in [-0.39, 0.29) is 17.9 Å². The first kappa shape index (κ1) is 17.6. The van der Waals surface area contributed by atoms with Crippen molar-refractivity contribution in [2.45, 2.75) is 12.8 Å². The Kier molecular flexibility index (Phi) is 4.68. The lowest BCUT2D eigenvalue weighted by molar-refractivity contribution is -0.116. The zero-order valence-corrected chi connectivity index (χ0v) is 15.0. The number of H-pyrrole nitrogens is 1. The van der Waals surface area contributed by atoms with Crippen molar-refractivity contribution < 1.29 is 14.3 Å². The van der Waals surface area contributed by atoms with Crippen LogP contribution in [0.5, 0.6) is 11.5 Å². The van der Waals surface area contributed by atoms with E-state index < -0.39 is 0 Å². The Morgan fingerprint density at radius 2 is 1.93 bits per heavy atom. The van der Waals surface area contributed by atoms with Gasteiger partial charge in [0.05, 0.1) is 17.1 Å². The van der Waals surface area contributed by atoms with Crippen molar-refractivity contribution in [1.29, 1.82) is 5.26 Å². The summed E-state index contributed by atoms with van der Waals surface area (Å²) >= 11 is 0. The first-order chi connectivity index (χ1) is 13.6. The summed E-state index contributed by atoms with van der Waals surface area (Å²) in [5, 5.41) is 12.5. The van der Waals surface area contributed by atoms with Gasteiger partial charge in [0.1, 0.15) is 13.2 Å². The average molecular weight is 375 g/mol. The van der Waals surface area contributed by atoms with Crippen LogP contribution in [0.1, 0.15) is 17.5 Å². The summed E-state index contributed by atoms with van der Waals surface area (Å²) in [5.41, 5.74) is 1.97. The maximum Gasteiger partial charge on any atom is 0.251 e. The summed E-state index contributed by atoms with van der Waals surface area (Å²) in [5.74, 6) is 1.03. The normalized spacial score (nSPS) is 12.4. The molecule has 0 atom stereocenters. The van der Waals surface area contributed by atoms with E-state index in [1.54, 1.807) is 36.4 Å².